The molecular formula is C13H16ClF. The fourth-order valence-corrected chi connectivity index (χ4v) is 2.94. The van der Waals surface area contributed by atoms with E-state index in [-0.39, 0.29) is 11.2 Å². The highest BCUT2D eigenvalue weighted by molar-refractivity contribution is 6.21. The van der Waals surface area contributed by atoms with Crippen molar-refractivity contribution in [2.24, 2.45) is 0 Å². The second kappa shape index (κ2) is 4.13. The molecule has 15 heavy (non-hydrogen) atoms. The van der Waals surface area contributed by atoms with Gasteiger partial charge in [0.2, 0.25) is 0 Å². The van der Waals surface area contributed by atoms with Crippen molar-refractivity contribution < 1.29 is 4.39 Å². The molecule has 0 bridgehead atoms. The Hall–Kier alpha value is -0.560. The summed E-state index contributed by atoms with van der Waals surface area (Å²) in [5, 5.41) is -0.00222. The zero-order chi connectivity index (χ0) is 11.0. The highest BCUT2D eigenvalue weighted by atomic mass is 35.5. The lowest BCUT2D eigenvalue weighted by atomic mass is 9.94. The monoisotopic (exact) mass is 226 g/mol. The Morgan fingerprint density at radius 3 is 2.80 bits per heavy atom. The van der Waals surface area contributed by atoms with Crippen LogP contribution in [0.3, 0.4) is 0 Å². The third-order valence-corrected chi connectivity index (χ3v) is 3.72. The van der Waals surface area contributed by atoms with Crippen LogP contribution in [0.5, 0.6) is 0 Å². The van der Waals surface area contributed by atoms with Crippen LogP contribution in [-0.4, -0.2) is 0 Å². The van der Waals surface area contributed by atoms with E-state index in [2.05, 4.69) is 0 Å². The number of aryl methyl sites for hydroxylation is 2. The summed E-state index contributed by atoms with van der Waals surface area (Å²) in [5.74, 6) is -0.0821. The molecule has 0 fully saturated rings. The standard InChI is InChI=1S/C13H16ClF/c1-8-7-10-5-3-4-6-11(14)12(10)9(2)13(8)15/h7,11H,3-6H2,1-2H3. The number of hydrogen-bond acceptors (Lipinski definition) is 0. The molecule has 2 rings (SSSR count). The SMILES string of the molecule is Cc1cc2c(c(C)c1F)C(Cl)CCCC2. The fourth-order valence-electron chi connectivity index (χ4n) is 2.48. The summed E-state index contributed by atoms with van der Waals surface area (Å²) >= 11 is 6.31. The van der Waals surface area contributed by atoms with Gasteiger partial charge in [-0.05, 0) is 55.4 Å². The van der Waals surface area contributed by atoms with Crippen molar-refractivity contribution in [1.82, 2.24) is 0 Å². The Morgan fingerprint density at radius 2 is 2.07 bits per heavy atom. The van der Waals surface area contributed by atoms with E-state index >= 15 is 0 Å². The molecule has 0 N–H and O–H groups in total. The first-order valence-electron chi connectivity index (χ1n) is 5.54. The average molecular weight is 227 g/mol. The molecule has 0 aliphatic heterocycles. The van der Waals surface area contributed by atoms with Crippen LogP contribution in [0.25, 0.3) is 0 Å². The molecule has 0 aromatic heterocycles. The summed E-state index contributed by atoms with van der Waals surface area (Å²) in [4.78, 5) is 0. The number of benzene rings is 1. The first-order valence-corrected chi connectivity index (χ1v) is 5.97. The van der Waals surface area contributed by atoms with Gasteiger partial charge in [-0.15, -0.1) is 11.6 Å². The van der Waals surface area contributed by atoms with E-state index in [9.17, 15) is 4.39 Å². The number of rotatable bonds is 0. The van der Waals surface area contributed by atoms with Gasteiger partial charge in [0.25, 0.3) is 0 Å². The van der Waals surface area contributed by atoms with Crippen molar-refractivity contribution in [1.29, 1.82) is 0 Å². The molecule has 1 aromatic carbocycles. The zero-order valence-corrected chi connectivity index (χ0v) is 9.99. The van der Waals surface area contributed by atoms with Crippen molar-refractivity contribution in [3.63, 3.8) is 0 Å². The first kappa shape index (κ1) is 10.9. The van der Waals surface area contributed by atoms with Gasteiger partial charge in [0.15, 0.2) is 0 Å². The number of halogens is 2. The third-order valence-electron chi connectivity index (χ3n) is 3.28. The zero-order valence-electron chi connectivity index (χ0n) is 9.24. The van der Waals surface area contributed by atoms with Crippen LogP contribution in [-0.2, 0) is 6.42 Å². The minimum Gasteiger partial charge on any atom is -0.206 e. The summed E-state index contributed by atoms with van der Waals surface area (Å²) in [5.41, 5.74) is 3.81. The van der Waals surface area contributed by atoms with Crippen LogP contribution in [0.15, 0.2) is 6.07 Å². The van der Waals surface area contributed by atoms with E-state index in [0.29, 0.717) is 0 Å². The van der Waals surface area contributed by atoms with E-state index in [1.54, 1.807) is 0 Å². The quantitative estimate of drug-likeness (QED) is 0.453. The summed E-state index contributed by atoms with van der Waals surface area (Å²) in [7, 11) is 0. The Balaban J connectivity index is 2.61. The summed E-state index contributed by atoms with van der Waals surface area (Å²) < 4.78 is 13.8. The van der Waals surface area contributed by atoms with E-state index in [1.807, 2.05) is 19.9 Å². The molecule has 0 radical (unpaired) electrons. The number of alkyl halides is 1. The predicted octanol–water partition coefficient (Wildman–Crippen LogP) is 4.45. The molecule has 0 saturated carbocycles. The Labute approximate surface area is 95.4 Å². The van der Waals surface area contributed by atoms with E-state index in [1.165, 1.54) is 12.0 Å². The lowest BCUT2D eigenvalue weighted by Crippen LogP contribution is -2.02. The molecule has 0 heterocycles. The first-order chi connectivity index (χ1) is 7.11. The van der Waals surface area contributed by atoms with Crippen LogP contribution >= 0.6 is 11.6 Å². The maximum absolute atomic E-state index is 13.8. The molecule has 1 aromatic rings. The van der Waals surface area contributed by atoms with Crippen LogP contribution in [0.2, 0.25) is 0 Å². The second-order valence-electron chi connectivity index (χ2n) is 4.42. The maximum atomic E-state index is 13.8. The van der Waals surface area contributed by atoms with Crippen LogP contribution in [0, 0.1) is 19.7 Å². The van der Waals surface area contributed by atoms with Gasteiger partial charge in [-0.3, -0.25) is 0 Å². The molecule has 1 aliphatic carbocycles. The lowest BCUT2D eigenvalue weighted by Gasteiger charge is -2.16. The molecule has 1 atom stereocenters. The van der Waals surface area contributed by atoms with Crippen molar-refractivity contribution >= 4 is 11.6 Å². The van der Waals surface area contributed by atoms with Crippen LogP contribution < -0.4 is 0 Å². The van der Waals surface area contributed by atoms with Gasteiger partial charge < -0.3 is 0 Å². The maximum Gasteiger partial charge on any atom is 0.129 e. The summed E-state index contributed by atoms with van der Waals surface area (Å²) in [6.45, 7) is 3.68. The Morgan fingerprint density at radius 1 is 1.33 bits per heavy atom. The van der Waals surface area contributed by atoms with Gasteiger partial charge in [0, 0.05) is 0 Å². The van der Waals surface area contributed by atoms with Crippen molar-refractivity contribution in [3.8, 4) is 0 Å². The molecule has 2 heteroatoms. The minimum absolute atomic E-state index is 0.00222. The topological polar surface area (TPSA) is 0 Å². The van der Waals surface area contributed by atoms with E-state index in [0.717, 1.165) is 36.0 Å². The van der Waals surface area contributed by atoms with Gasteiger partial charge >= 0.3 is 0 Å². The van der Waals surface area contributed by atoms with Gasteiger partial charge in [-0.2, -0.15) is 0 Å². The number of hydrogen-bond donors (Lipinski definition) is 0. The Kier molecular flexibility index (Phi) is 3.01. The lowest BCUT2D eigenvalue weighted by molar-refractivity contribution is 0.603. The largest absolute Gasteiger partial charge is 0.206 e. The van der Waals surface area contributed by atoms with Crippen molar-refractivity contribution in [3.05, 3.63) is 34.1 Å². The predicted molar refractivity (Wildman–Crippen MR) is 62.0 cm³/mol. The molecule has 1 unspecified atom stereocenters. The smallest absolute Gasteiger partial charge is 0.129 e. The van der Waals surface area contributed by atoms with Gasteiger partial charge in [-0.1, -0.05) is 12.5 Å². The highest BCUT2D eigenvalue weighted by Crippen LogP contribution is 2.37. The molecule has 0 saturated heterocycles. The summed E-state index contributed by atoms with van der Waals surface area (Å²) in [6.07, 6.45) is 4.32. The minimum atomic E-state index is -0.0821. The van der Waals surface area contributed by atoms with Crippen molar-refractivity contribution in [2.45, 2.75) is 44.9 Å². The van der Waals surface area contributed by atoms with Gasteiger partial charge in [0.1, 0.15) is 5.82 Å². The van der Waals surface area contributed by atoms with Gasteiger partial charge in [-0.25, -0.2) is 4.39 Å². The second-order valence-corrected chi connectivity index (χ2v) is 4.95. The number of fused-ring (bicyclic) bond motifs is 1. The molecule has 0 nitrogen and oxygen atoms in total. The normalized spacial score (nSPS) is 20.9. The average Bonchev–Trinajstić information content (AvgIpc) is 2.37. The van der Waals surface area contributed by atoms with Gasteiger partial charge in [0.05, 0.1) is 5.38 Å². The van der Waals surface area contributed by atoms with Crippen LogP contribution in [0.1, 0.15) is 46.9 Å². The van der Waals surface area contributed by atoms with E-state index in [4.69, 9.17) is 11.6 Å². The Bertz CT molecular complexity index is 385. The van der Waals surface area contributed by atoms with Crippen LogP contribution in [0.4, 0.5) is 4.39 Å². The highest BCUT2D eigenvalue weighted by Gasteiger charge is 2.21. The molecule has 0 spiro atoms. The fraction of sp³-hybridized carbons (Fsp3) is 0.538. The molecular weight excluding hydrogens is 211 g/mol. The third kappa shape index (κ3) is 1.90. The van der Waals surface area contributed by atoms with E-state index < -0.39 is 0 Å². The van der Waals surface area contributed by atoms with Crippen molar-refractivity contribution in [2.75, 3.05) is 0 Å². The molecule has 1 aliphatic rings. The summed E-state index contributed by atoms with van der Waals surface area (Å²) in [6, 6.07) is 1.97. The molecule has 0 amide bonds. The molecule has 82 valence electrons.